The van der Waals surface area contributed by atoms with Gasteiger partial charge in [0, 0.05) is 21.4 Å². The Morgan fingerprint density at radius 3 is 2.58 bits per heavy atom. The van der Waals surface area contributed by atoms with E-state index in [1.165, 1.54) is 11.8 Å². The quantitative estimate of drug-likeness (QED) is 0.281. The number of hydrogen-bond acceptors (Lipinski definition) is 5. The molecule has 168 valence electrons. The maximum Gasteiger partial charge on any atom is 0.234 e. The Morgan fingerprint density at radius 1 is 1.06 bits per heavy atom. The number of hydrogen-bond donors (Lipinski definition) is 1. The molecule has 0 atom stereocenters. The predicted molar refractivity (Wildman–Crippen MR) is 136 cm³/mol. The van der Waals surface area contributed by atoms with E-state index < -0.39 is 0 Å². The lowest BCUT2D eigenvalue weighted by atomic mass is 10.1. The van der Waals surface area contributed by atoms with Crippen LogP contribution in [0.3, 0.4) is 0 Å². The molecule has 0 fully saturated rings. The molecule has 1 heterocycles. The number of benzene rings is 3. The van der Waals surface area contributed by atoms with Gasteiger partial charge in [-0.2, -0.15) is 0 Å². The highest BCUT2D eigenvalue weighted by Crippen LogP contribution is 2.29. The Bertz CT molecular complexity index is 1260. The van der Waals surface area contributed by atoms with Gasteiger partial charge in [0.1, 0.15) is 5.75 Å². The molecule has 0 saturated carbocycles. The summed E-state index contributed by atoms with van der Waals surface area (Å²) in [5, 5.41) is 12.4. The highest BCUT2D eigenvalue weighted by molar-refractivity contribution is 9.10. The Labute approximate surface area is 205 Å². The molecular formula is C25H23BrN4O2S. The van der Waals surface area contributed by atoms with E-state index in [0.717, 1.165) is 38.5 Å². The number of halogens is 1. The molecule has 6 nitrogen and oxygen atoms in total. The van der Waals surface area contributed by atoms with Crippen LogP contribution in [0.1, 0.15) is 12.5 Å². The van der Waals surface area contributed by atoms with Crippen molar-refractivity contribution in [2.45, 2.75) is 19.0 Å². The minimum atomic E-state index is -0.114. The Kier molecular flexibility index (Phi) is 7.47. The van der Waals surface area contributed by atoms with Crippen molar-refractivity contribution in [2.75, 3.05) is 17.7 Å². The van der Waals surface area contributed by atoms with Gasteiger partial charge in [0.15, 0.2) is 11.0 Å². The van der Waals surface area contributed by atoms with Crippen molar-refractivity contribution in [2.24, 2.45) is 0 Å². The maximum atomic E-state index is 12.6. The lowest BCUT2D eigenvalue weighted by molar-refractivity contribution is -0.113. The van der Waals surface area contributed by atoms with Gasteiger partial charge in [-0.1, -0.05) is 57.5 Å². The maximum absolute atomic E-state index is 12.6. The topological polar surface area (TPSA) is 69.0 Å². The normalized spacial score (nSPS) is 10.8. The zero-order valence-electron chi connectivity index (χ0n) is 18.3. The lowest BCUT2D eigenvalue weighted by Crippen LogP contribution is -2.14. The Hall–Kier alpha value is -3.10. The third kappa shape index (κ3) is 5.83. The fourth-order valence-corrected chi connectivity index (χ4v) is 4.47. The van der Waals surface area contributed by atoms with Gasteiger partial charge < -0.3 is 10.1 Å². The van der Waals surface area contributed by atoms with Crippen LogP contribution < -0.4 is 10.1 Å². The first-order valence-electron chi connectivity index (χ1n) is 10.5. The van der Waals surface area contributed by atoms with Crippen LogP contribution in [0.4, 0.5) is 5.69 Å². The van der Waals surface area contributed by atoms with Crippen LogP contribution in [0.25, 0.3) is 17.1 Å². The summed E-state index contributed by atoms with van der Waals surface area (Å²) in [5.74, 6) is 1.61. The molecule has 1 amide bonds. The van der Waals surface area contributed by atoms with Crippen LogP contribution >= 0.6 is 27.7 Å². The molecule has 4 rings (SSSR count). The average molecular weight is 523 g/mol. The fraction of sp³-hybridized carbons (Fsp3) is 0.160. The largest absolute Gasteiger partial charge is 0.494 e. The SMILES string of the molecule is CCOc1ccc(-n2c(SCC(=O)Nc3cccc(Br)c3)nnc2-c2cccc(C)c2)cc1. The zero-order valence-corrected chi connectivity index (χ0v) is 20.7. The van der Waals surface area contributed by atoms with Crippen LogP contribution in [0.2, 0.25) is 0 Å². The second-order valence-electron chi connectivity index (χ2n) is 7.29. The van der Waals surface area contributed by atoms with E-state index in [0.29, 0.717) is 11.8 Å². The highest BCUT2D eigenvalue weighted by atomic mass is 79.9. The summed E-state index contributed by atoms with van der Waals surface area (Å²) in [5.41, 5.74) is 3.73. The standard InChI is InChI=1S/C25H23BrN4O2S/c1-3-32-22-12-10-21(11-13-22)30-24(18-7-4-6-17(2)14-18)28-29-25(30)33-16-23(31)27-20-9-5-8-19(26)15-20/h4-15H,3,16H2,1-2H3,(H,27,31). The van der Waals surface area contributed by atoms with Gasteiger partial charge in [-0.05, 0) is 62.4 Å². The number of nitrogens with one attached hydrogen (secondary N) is 1. The van der Waals surface area contributed by atoms with E-state index in [1.54, 1.807) is 0 Å². The number of nitrogens with zero attached hydrogens (tertiary/aromatic N) is 3. The van der Waals surface area contributed by atoms with E-state index in [9.17, 15) is 4.79 Å². The summed E-state index contributed by atoms with van der Waals surface area (Å²) in [4.78, 5) is 12.6. The van der Waals surface area contributed by atoms with Crippen LogP contribution in [0.5, 0.6) is 5.75 Å². The summed E-state index contributed by atoms with van der Waals surface area (Å²) < 4.78 is 8.46. The molecular weight excluding hydrogens is 500 g/mol. The summed E-state index contributed by atoms with van der Waals surface area (Å²) >= 11 is 4.76. The third-order valence-electron chi connectivity index (χ3n) is 4.76. The van der Waals surface area contributed by atoms with Gasteiger partial charge in [-0.25, -0.2) is 0 Å². The number of carbonyl (C=O) groups excluding carboxylic acids is 1. The third-order valence-corrected chi connectivity index (χ3v) is 6.18. The van der Waals surface area contributed by atoms with E-state index in [4.69, 9.17) is 4.74 Å². The molecule has 1 aromatic heterocycles. The number of carbonyl (C=O) groups is 1. The molecule has 0 aliphatic carbocycles. The number of thioether (sulfide) groups is 1. The average Bonchev–Trinajstić information content (AvgIpc) is 3.22. The van der Waals surface area contributed by atoms with Crippen molar-refractivity contribution in [1.82, 2.24) is 14.8 Å². The molecule has 1 N–H and O–H groups in total. The minimum absolute atomic E-state index is 0.114. The second-order valence-corrected chi connectivity index (χ2v) is 9.14. The Morgan fingerprint density at radius 2 is 1.85 bits per heavy atom. The number of ether oxygens (including phenoxy) is 1. The minimum Gasteiger partial charge on any atom is -0.494 e. The van der Waals surface area contributed by atoms with Gasteiger partial charge in [0.2, 0.25) is 5.91 Å². The molecule has 4 aromatic rings. The zero-order chi connectivity index (χ0) is 23.2. The van der Waals surface area contributed by atoms with Crippen molar-refractivity contribution in [3.8, 4) is 22.8 Å². The van der Waals surface area contributed by atoms with Gasteiger partial charge in [-0.3, -0.25) is 9.36 Å². The fourth-order valence-electron chi connectivity index (χ4n) is 3.32. The van der Waals surface area contributed by atoms with E-state index in [1.807, 2.05) is 85.1 Å². The van der Waals surface area contributed by atoms with Crippen LogP contribution in [-0.4, -0.2) is 33.0 Å². The molecule has 0 radical (unpaired) electrons. The van der Waals surface area contributed by atoms with Crippen LogP contribution in [-0.2, 0) is 4.79 Å². The molecule has 0 spiro atoms. The predicted octanol–water partition coefficient (Wildman–Crippen LogP) is 6.13. The summed E-state index contributed by atoms with van der Waals surface area (Å²) in [6, 6.07) is 23.4. The molecule has 33 heavy (non-hydrogen) atoms. The number of amides is 1. The van der Waals surface area contributed by atoms with Crippen molar-refractivity contribution >= 4 is 39.3 Å². The van der Waals surface area contributed by atoms with Gasteiger partial charge in [0.25, 0.3) is 0 Å². The van der Waals surface area contributed by atoms with E-state index in [2.05, 4.69) is 37.5 Å². The summed E-state index contributed by atoms with van der Waals surface area (Å²) in [7, 11) is 0. The van der Waals surface area contributed by atoms with Crippen molar-refractivity contribution in [3.63, 3.8) is 0 Å². The van der Waals surface area contributed by atoms with Crippen molar-refractivity contribution in [3.05, 3.63) is 82.8 Å². The van der Waals surface area contributed by atoms with Gasteiger partial charge in [-0.15, -0.1) is 10.2 Å². The molecule has 8 heteroatoms. The molecule has 0 saturated heterocycles. The summed E-state index contributed by atoms with van der Waals surface area (Å²) in [6.45, 7) is 4.61. The molecule has 0 aliphatic heterocycles. The number of rotatable bonds is 8. The molecule has 0 unspecified atom stereocenters. The Balaban J connectivity index is 1.61. The second kappa shape index (κ2) is 10.7. The first-order valence-corrected chi connectivity index (χ1v) is 12.3. The molecule has 0 aliphatic rings. The van der Waals surface area contributed by atoms with Crippen molar-refractivity contribution in [1.29, 1.82) is 0 Å². The van der Waals surface area contributed by atoms with Crippen LogP contribution in [0.15, 0.2) is 82.4 Å². The number of anilines is 1. The molecule has 3 aromatic carbocycles. The number of aryl methyl sites for hydroxylation is 1. The number of aromatic nitrogens is 3. The van der Waals surface area contributed by atoms with Gasteiger partial charge >= 0.3 is 0 Å². The van der Waals surface area contributed by atoms with Gasteiger partial charge in [0.05, 0.1) is 12.4 Å². The van der Waals surface area contributed by atoms with E-state index >= 15 is 0 Å². The molecule has 0 bridgehead atoms. The smallest absolute Gasteiger partial charge is 0.234 e. The summed E-state index contributed by atoms with van der Waals surface area (Å²) in [6.07, 6.45) is 0. The van der Waals surface area contributed by atoms with Crippen LogP contribution in [0, 0.1) is 6.92 Å². The first-order chi connectivity index (χ1) is 16.0. The highest BCUT2D eigenvalue weighted by Gasteiger charge is 2.18. The van der Waals surface area contributed by atoms with E-state index in [-0.39, 0.29) is 11.7 Å². The first kappa shape index (κ1) is 23.1. The monoisotopic (exact) mass is 522 g/mol. The lowest BCUT2D eigenvalue weighted by Gasteiger charge is -2.12. The van der Waals surface area contributed by atoms with Crippen molar-refractivity contribution < 1.29 is 9.53 Å².